The summed E-state index contributed by atoms with van der Waals surface area (Å²) in [6, 6.07) is 15.3. The molecule has 0 aliphatic heterocycles. The fraction of sp³-hybridized carbons (Fsp3) is 0.559. The molecule has 3 rings (SSSR count). The van der Waals surface area contributed by atoms with Crippen molar-refractivity contribution in [3.8, 4) is 11.5 Å². The number of esters is 1. The molecular formula is C34H48O3. The molecule has 0 aromatic heterocycles. The van der Waals surface area contributed by atoms with Crippen LogP contribution in [0.15, 0.2) is 61.2 Å². The minimum atomic E-state index is -0.334. The molecule has 0 saturated heterocycles. The molecule has 1 saturated carbocycles. The Bertz CT molecular complexity index is 892. The molecule has 0 spiro atoms. The molecule has 37 heavy (non-hydrogen) atoms. The predicted octanol–water partition coefficient (Wildman–Crippen LogP) is 9.74. The smallest absolute Gasteiger partial charge is 0.343 e. The number of unbranched alkanes of at least 4 members (excludes halogenated alkanes) is 6. The molecule has 0 atom stereocenters. The van der Waals surface area contributed by atoms with Crippen molar-refractivity contribution >= 4 is 5.97 Å². The van der Waals surface area contributed by atoms with Crippen LogP contribution >= 0.6 is 0 Å². The second kappa shape index (κ2) is 17.1. The van der Waals surface area contributed by atoms with Crippen LogP contribution in [0.2, 0.25) is 0 Å². The van der Waals surface area contributed by atoms with Crippen molar-refractivity contribution < 1.29 is 14.3 Å². The zero-order valence-electron chi connectivity index (χ0n) is 23.1. The van der Waals surface area contributed by atoms with E-state index in [2.05, 4.69) is 25.6 Å². The maximum absolute atomic E-state index is 12.6. The van der Waals surface area contributed by atoms with Gasteiger partial charge in [0.15, 0.2) is 0 Å². The number of carbonyl (C=O) groups is 1. The SMILES string of the molecule is C=CCCCCCCCCOc1ccc(C(=O)Oc2ccc(CC[C@H]3CC[C@H](CCC)CC3)cc2)cc1. The fourth-order valence-electron chi connectivity index (χ4n) is 5.45. The fourth-order valence-corrected chi connectivity index (χ4v) is 5.45. The minimum absolute atomic E-state index is 0.334. The highest BCUT2D eigenvalue weighted by molar-refractivity contribution is 5.91. The third-order valence-electron chi connectivity index (χ3n) is 7.80. The first-order valence-electron chi connectivity index (χ1n) is 14.8. The van der Waals surface area contributed by atoms with Crippen LogP contribution in [0.25, 0.3) is 0 Å². The average Bonchev–Trinajstić information content (AvgIpc) is 2.93. The van der Waals surface area contributed by atoms with E-state index in [1.54, 1.807) is 12.1 Å². The van der Waals surface area contributed by atoms with E-state index in [1.807, 2.05) is 30.3 Å². The second-order valence-electron chi connectivity index (χ2n) is 10.8. The van der Waals surface area contributed by atoms with Gasteiger partial charge in [-0.05, 0) is 85.9 Å². The second-order valence-corrected chi connectivity index (χ2v) is 10.8. The summed E-state index contributed by atoms with van der Waals surface area (Å²) in [6.45, 7) is 6.78. The van der Waals surface area contributed by atoms with Crippen LogP contribution in [-0.4, -0.2) is 12.6 Å². The summed E-state index contributed by atoms with van der Waals surface area (Å²) in [6.07, 6.45) is 21.2. The van der Waals surface area contributed by atoms with Crippen LogP contribution in [0.1, 0.15) is 113 Å². The lowest BCUT2D eigenvalue weighted by Crippen LogP contribution is -2.15. The van der Waals surface area contributed by atoms with Crippen LogP contribution in [0.5, 0.6) is 11.5 Å². The number of hydrogen-bond acceptors (Lipinski definition) is 3. The number of hydrogen-bond donors (Lipinski definition) is 0. The monoisotopic (exact) mass is 504 g/mol. The number of aryl methyl sites for hydroxylation is 1. The molecular weight excluding hydrogens is 456 g/mol. The van der Waals surface area contributed by atoms with Gasteiger partial charge in [0.05, 0.1) is 12.2 Å². The van der Waals surface area contributed by atoms with E-state index in [1.165, 1.54) is 82.6 Å². The van der Waals surface area contributed by atoms with E-state index < -0.39 is 0 Å². The highest BCUT2D eigenvalue weighted by Crippen LogP contribution is 2.34. The summed E-state index contributed by atoms with van der Waals surface area (Å²) in [5.74, 6) is 2.90. The molecule has 0 heterocycles. The van der Waals surface area contributed by atoms with Crippen molar-refractivity contribution in [1.29, 1.82) is 0 Å². The molecule has 202 valence electrons. The Kier molecular flexibility index (Phi) is 13.4. The number of ether oxygens (including phenoxy) is 2. The lowest BCUT2D eigenvalue weighted by atomic mass is 9.78. The van der Waals surface area contributed by atoms with Gasteiger partial charge in [-0.2, -0.15) is 0 Å². The molecule has 1 aliphatic rings. The zero-order valence-corrected chi connectivity index (χ0v) is 23.1. The summed E-state index contributed by atoms with van der Waals surface area (Å²) < 4.78 is 11.4. The standard InChI is InChI=1S/C34H48O3/c1-3-5-6-7-8-9-10-11-27-36-32-25-21-31(22-26-32)34(35)37-33-23-19-30(20-24-33)18-17-29-15-13-28(12-4-2)14-16-29/h3,19-26,28-29H,1,4-18,27H2,2H3/t28-,29-. The van der Waals surface area contributed by atoms with E-state index in [0.29, 0.717) is 17.9 Å². The number of benzene rings is 2. The van der Waals surface area contributed by atoms with Gasteiger partial charge in [0, 0.05) is 0 Å². The molecule has 1 aliphatic carbocycles. The van der Waals surface area contributed by atoms with Crippen LogP contribution in [0.3, 0.4) is 0 Å². The third kappa shape index (κ3) is 11.2. The molecule has 3 nitrogen and oxygen atoms in total. The first-order chi connectivity index (χ1) is 18.2. The molecule has 3 heteroatoms. The summed E-state index contributed by atoms with van der Waals surface area (Å²) in [4.78, 5) is 12.6. The lowest BCUT2D eigenvalue weighted by molar-refractivity contribution is 0.0734. The lowest BCUT2D eigenvalue weighted by Gasteiger charge is -2.28. The minimum Gasteiger partial charge on any atom is -0.494 e. The quantitative estimate of drug-likeness (QED) is 0.0930. The average molecular weight is 505 g/mol. The highest BCUT2D eigenvalue weighted by Gasteiger charge is 2.20. The van der Waals surface area contributed by atoms with Gasteiger partial charge in [-0.1, -0.05) is 89.3 Å². The number of carbonyl (C=O) groups excluding carboxylic acids is 1. The Hall–Kier alpha value is -2.55. The Morgan fingerprint density at radius 3 is 2.05 bits per heavy atom. The summed E-state index contributed by atoms with van der Waals surface area (Å²) in [7, 11) is 0. The molecule has 0 amide bonds. The normalized spacial score (nSPS) is 17.3. The van der Waals surface area contributed by atoms with Gasteiger partial charge in [0.1, 0.15) is 11.5 Å². The summed E-state index contributed by atoms with van der Waals surface area (Å²) >= 11 is 0. The van der Waals surface area contributed by atoms with Crippen molar-refractivity contribution in [1.82, 2.24) is 0 Å². The molecule has 2 aromatic rings. The highest BCUT2D eigenvalue weighted by atomic mass is 16.5. The maximum atomic E-state index is 12.6. The number of allylic oxidation sites excluding steroid dienone is 1. The Morgan fingerprint density at radius 2 is 1.41 bits per heavy atom. The number of rotatable bonds is 17. The van der Waals surface area contributed by atoms with Crippen LogP contribution in [0, 0.1) is 11.8 Å². The van der Waals surface area contributed by atoms with Crippen LogP contribution in [-0.2, 0) is 6.42 Å². The van der Waals surface area contributed by atoms with Crippen molar-refractivity contribution in [2.45, 2.75) is 103 Å². The molecule has 0 N–H and O–H groups in total. The molecule has 1 fully saturated rings. The first-order valence-corrected chi connectivity index (χ1v) is 14.8. The Balaban J connectivity index is 1.31. The molecule has 2 aromatic carbocycles. The van der Waals surface area contributed by atoms with Gasteiger partial charge < -0.3 is 9.47 Å². The van der Waals surface area contributed by atoms with Crippen LogP contribution < -0.4 is 9.47 Å². The van der Waals surface area contributed by atoms with E-state index in [4.69, 9.17) is 9.47 Å². The maximum Gasteiger partial charge on any atom is 0.343 e. The predicted molar refractivity (Wildman–Crippen MR) is 155 cm³/mol. The van der Waals surface area contributed by atoms with Gasteiger partial charge in [-0.15, -0.1) is 6.58 Å². The van der Waals surface area contributed by atoms with Crippen molar-refractivity contribution in [3.63, 3.8) is 0 Å². The van der Waals surface area contributed by atoms with E-state index in [-0.39, 0.29) is 5.97 Å². The summed E-state index contributed by atoms with van der Waals surface area (Å²) in [5.41, 5.74) is 1.86. The third-order valence-corrected chi connectivity index (χ3v) is 7.80. The molecule has 0 unspecified atom stereocenters. The van der Waals surface area contributed by atoms with Gasteiger partial charge in [0.25, 0.3) is 0 Å². The Morgan fingerprint density at radius 1 is 0.811 bits per heavy atom. The first kappa shape index (κ1) is 29.0. The van der Waals surface area contributed by atoms with E-state index in [9.17, 15) is 4.79 Å². The van der Waals surface area contributed by atoms with Gasteiger partial charge in [-0.3, -0.25) is 0 Å². The van der Waals surface area contributed by atoms with Crippen molar-refractivity contribution in [2.75, 3.05) is 6.61 Å². The van der Waals surface area contributed by atoms with E-state index >= 15 is 0 Å². The summed E-state index contributed by atoms with van der Waals surface area (Å²) in [5, 5.41) is 0. The van der Waals surface area contributed by atoms with Crippen LogP contribution in [0.4, 0.5) is 0 Å². The van der Waals surface area contributed by atoms with E-state index in [0.717, 1.165) is 36.8 Å². The van der Waals surface area contributed by atoms with Crippen molar-refractivity contribution in [3.05, 3.63) is 72.3 Å². The largest absolute Gasteiger partial charge is 0.494 e. The zero-order chi connectivity index (χ0) is 26.1. The molecule has 0 radical (unpaired) electrons. The van der Waals surface area contributed by atoms with Crippen molar-refractivity contribution in [2.24, 2.45) is 11.8 Å². The van der Waals surface area contributed by atoms with Gasteiger partial charge in [0.2, 0.25) is 0 Å². The van der Waals surface area contributed by atoms with Gasteiger partial charge in [-0.25, -0.2) is 4.79 Å². The van der Waals surface area contributed by atoms with Gasteiger partial charge >= 0.3 is 5.97 Å². The topological polar surface area (TPSA) is 35.5 Å². The molecule has 0 bridgehead atoms. The Labute approximate surface area is 225 Å².